The molecule has 1 heterocycles. The highest BCUT2D eigenvalue weighted by Crippen LogP contribution is 2.28. The minimum absolute atomic E-state index is 0.205. The first-order valence-corrected chi connectivity index (χ1v) is 6.17. The molecule has 1 aliphatic rings. The molecule has 92 valence electrons. The lowest BCUT2D eigenvalue weighted by molar-refractivity contribution is -0.123. The number of benzene rings is 1. The van der Waals surface area contributed by atoms with E-state index in [1.165, 1.54) is 6.07 Å². The first kappa shape index (κ1) is 12.7. The molecule has 2 atom stereocenters. The largest absolute Gasteiger partial charge is 0.371 e. The maximum Gasteiger partial charge on any atom is 0.229 e. The minimum Gasteiger partial charge on any atom is -0.371 e. The van der Waals surface area contributed by atoms with Crippen molar-refractivity contribution in [2.24, 2.45) is 0 Å². The van der Waals surface area contributed by atoms with Gasteiger partial charge in [0.25, 0.3) is 0 Å². The Hall–Kier alpha value is -0.730. The molecule has 1 amide bonds. The summed E-state index contributed by atoms with van der Waals surface area (Å²) in [5.41, 5.74) is 0.629. The molecule has 1 aromatic rings. The summed E-state index contributed by atoms with van der Waals surface area (Å²) in [6.07, 6.45) is -0.0979. The van der Waals surface area contributed by atoms with E-state index in [9.17, 15) is 9.18 Å². The van der Waals surface area contributed by atoms with Crippen LogP contribution in [0.1, 0.15) is 17.9 Å². The molecule has 0 saturated carbocycles. The molecule has 2 N–H and O–H groups in total. The van der Waals surface area contributed by atoms with Crippen LogP contribution in [0.5, 0.6) is 0 Å². The third-order valence-electron chi connectivity index (χ3n) is 2.69. The van der Waals surface area contributed by atoms with Gasteiger partial charge in [-0.15, -0.1) is 0 Å². The first-order chi connectivity index (χ1) is 8.11. The molecule has 1 aromatic carbocycles. The Balaban J connectivity index is 2.17. The Morgan fingerprint density at radius 2 is 2.35 bits per heavy atom. The van der Waals surface area contributed by atoms with Crippen LogP contribution >= 0.6 is 22.6 Å². The summed E-state index contributed by atoms with van der Waals surface area (Å²) < 4.78 is 18.8. The molecule has 2 rings (SSSR count). The first-order valence-electron chi connectivity index (χ1n) is 5.09. The summed E-state index contributed by atoms with van der Waals surface area (Å²) in [6.45, 7) is -0.446. The number of carbonyl (C=O) groups excluding carboxylic acids is 1. The van der Waals surface area contributed by atoms with Crippen molar-refractivity contribution in [3.8, 4) is 0 Å². The predicted octanol–water partition coefficient (Wildman–Crippen LogP) is 1.33. The van der Waals surface area contributed by atoms with E-state index in [4.69, 9.17) is 9.84 Å². The molecule has 4 nitrogen and oxygen atoms in total. The van der Waals surface area contributed by atoms with Crippen molar-refractivity contribution < 1.29 is 19.0 Å². The number of hydrogen-bond acceptors (Lipinski definition) is 3. The Bertz CT molecular complexity index is 441. The van der Waals surface area contributed by atoms with Gasteiger partial charge in [-0.25, -0.2) is 4.39 Å². The van der Waals surface area contributed by atoms with E-state index < -0.39 is 18.9 Å². The average molecular weight is 351 g/mol. The van der Waals surface area contributed by atoms with Gasteiger partial charge in [0, 0.05) is 9.99 Å². The molecule has 0 radical (unpaired) electrons. The van der Waals surface area contributed by atoms with Crippen LogP contribution in [0.4, 0.5) is 4.39 Å². The Morgan fingerprint density at radius 1 is 1.59 bits per heavy atom. The minimum atomic E-state index is -0.500. The van der Waals surface area contributed by atoms with Crippen molar-refractivity contribution in [3.05, 3.63) is 33.1 Å². The summed E-state index contributed by atoms with van der Waals surface area (Å²) in [6, 6.07) is 4.74. The third-order valence-corrected chi connectivity index (χ3v) is 3.57. The maximum atomic E-state index is 13.4. The van der Waals surface area contributed by atoms with E-state index in [1.807, 2.05) is 22.6 Å². The number of halogens is 2. The van der Waals surface area contributed by atoms with E-state index in [1.54, 1.807) is 12.1 Å². The molecule has 0 aromatic heterocycles. The average Bonchev–Trinajstić information content (AvgIpc) is 2.64. The monoisotopic (exact) mass is 351 g/mol. The highest BCUT2D eigenvalue weighted by atomic mass is 127. The summed E-state index contributed by atoms with van der Waals surface area (Å²) in [5, 5.41) is 11.2. The molecule has 17 heavy (non-hydrogen) atoms. The zero-order chi connectivity index (χ0) is 12.4. The van der Waals surface area contributed by atoms with Crippen molar-refractivity contribution in [1.82, 2.24) is 5.32 Å². The van der Waals surface area contributed by atoms with E-state index in [2.05, 4.69) is 5.32 Å². The van der Waals surface area contributed by atoms with Gasteiger partial charge in [0.1, 0.15) is 18.8 Å². The van der Waals surface area contributed by atoms with Crippen LogP contribution < -0.4 is 5.32 Å². The van der Waals surface area contributed by atoms with Crippen LogP contribution in [0.3, 0.4) is 0 Å². The Labute approximate surface area is 111 Å². The molecular formula is C11H11FINO3. The summed E-state index contributed by atoms with van der Waals surface area (Å²) in [5.74, 6) is -0.954. The lowest BCUT2D eigenvalue weighted by Crippen LogP contribution is -2.28. The Morgan fingerprint density at radius 3 is 3.00 bits per heavy atom. The van der Waals surface area contributed by atoms with Gasteiger partial charge in [-0.3, -0.25) is 4.79 Å². The van der Waals surface area contributed by atoms with E-state index >= 15 is 0 Å². The lowest BCUT2D eigenvalue weighted by Gasteiger charge is -2.09. The van der Waals surface area contributed by atoms with Crippen LogP contribution in [-0.2, 0) is 9.53 Å². The number of rotatable bonds is 3. The van der Waals surface area contributed by atoms with Crippen LogP contribution in [0.25, 0.3) is 0 Å². The van der Waals surface area contributed by atoms with Crippen molar-refractivity contribution >= 4 is 28.5 Å². The second kappa shape index (κ2) is 5.28. The predicted molar refractivity (Wildman–Crippen MR) is 66.6 cm³/mol. The van der Waals surface area contributed by atoms with Crippen molar-refractivity contribution in [2.45, 2.75) is 18.6 Å². The number of aliphatic hydroxyl groups is 1. The highest BCUT2D eigenvalue weighted by molar-refractivity contribution is 14.1. The highest BCUT2D eigenvalue weighted by Gasteiger charge is 2.33. The number of ether oxygens (including phenoxy) is 1. The normalized spacial score (nSPS) is 23.8. The number of amides is 1. The van der Waals surface area contributed by atoms with E-state index in [0.717, 1.165) is 0 Å². The standard InChI is InChI=1S/C11H11FINO3/c12-8-3-6(1-2-9(8)13)7-4-10(17-5-15)14-11(7)16/h1-3,7,10,15H,4-5H2,(H,14,16)/t7?,10-/m1/s1. The molecular weight excluding hydrogens is 340 g/mol. The van der Waals surface area contributed by atoms with Gasteiger partial charge in [-0.2, -0.15) is 0 Å². The van der Waals surface area contributed by atoms with Crippen LogP contribution in [0, 0.1) is 9.39 Å². The zero-order valence-electron chi connectivity index (χ0n) is 8.82. The fraction of sp³-hybridized carbons (Fsp3) is 0.364. The fourth-order valence-electron chi connectivity index (χ4n) is 1.86. The van der Waals surface area contributed by atoms with Crippen LogP contribution in [0.15, 0.2) is 18.2 Å². The molecule has 6 heteroatoms. The molecule has 1 unspecified atom stereocenters. The topological polar surface area (TPSA) is 58.6 Å². The van der Waals surface area contributed by atoms with Crippen LogP contribution in [-0.4, -0.2) is 24.0 Å². The molecule has 1 saturated heterocycles. The van der Waals surface area contributed by atoms with Gasteiger partial charge in [-0.05, 0) is 40.3 Å². The lowest BCUT2D eigenvalue weighted by atomic mass is 9.97. The van der Waals surface area contributed by atoms with E-state index in [-0.39, 0.29) is 11.7 Å². The van der Waals surface area contributed by atoms with Crippen molar-refractivity contribution in [2.75, 3.05) is 6.79 Å². The van der Waals surface area contributed by atoms with Crippen LogP contribution in [0.2, 0.25) is 0 Å². The quantitative estimate of drug-likeness (QED) is 0.638. The number of nitrogens with one attached hydrogen (secondary N) is 1. The molecule has 1 fully saturated rings. The molecule has 0 spiro atoms. The Kier molecular flexibility index (Phi) is 3.95. The number of carbonyl (C=O) groups is 1. The van der Waals surface area contributed by atoms with Gasteiger partial charge < -0.3 is 15.2 Å². The molecule has 1 aliphatic heterocycles. The second-order valence-corrected chi connectivity index (χ2v) is 4.92. The third kappa shape index (κ3) is 2.75. The summed E-state index contributed by atoms with van der Waals surface area (Å²) in [7, 11) is 0. The van der Waals surface area contributed by atoms with Gasteiger partial charge in [0.05, 0.1) is 5.92 Å². The van der Waals surface area contributed by atoms with Crippen molar-refractivity contribution in [3.63, 3.8) is 0 Å². The van der Waals surface area contributed by atoms with Gasteiger partial charge >= 0.3 is 0 Å². The van der Waals surface area contributed by atoms with Gasteiger partial charge in [0.2, 0.25) is 5.91 Å². The number of hydrogen-bond donors (Lipinski definition) is 2. The molecule has 0 aliphatic carbocycles. The maximum absolute atomic E-state index is 13.4. The fourth-order valence-corrected chi connectivity index (χ4v) is 2.19. The smallest absolute Gasteiger partial charge is 0.229 e. The van der Waals surface area contributed by atoms with Gasteiger partial charge in [-0.1, -0.05) is 6.07 Å². The van der Waals surface area contributed by atoms with Crippen molar-refractivity contribution in [1.29, 1.82) is 0 Å². The zero-order valence-corrected chi connectivity index (χ0v) is 11.0. The van der Waals surface area contributed by atoms with Gasteiger partial charge in [0.15, 0.2) is 0 Å². The molecule has 0 bridgehead atoms. The van der Waals surface area contributed by atoms with E-state index in [0.29, 0.717) is 15.6 Å². The second-order valence-electron chi connectivity index (χ2n) is 3.75. The summed E-state index contributed by atoms with van der Waals surface area (Å²) in [4.78, 5) is 11.7. The number of aliphatic hydroxyl groups excluding tert-OH is 1. The summed E-state index contributed by atoms with van der Waals surface area (Å²) >= 11 is 1.89. The SMILES string of the molecule is O=C1N[C@H](OCO)CC1c1ccc(I)c(F)c1.